The summed E-state index contributed by atoms with van der Waals surface area (Å²) in [4.78, 5) is 7.96. The summed E-state index contributed by atoms with van der Waals surface area (Å²) >= 11 is 5.54. The normalized spacial score (nSPS) is 14.6. The van der Waals surface area contributed by atoms with Gasteiger partial charge in [-0.2, -0.15) is 0 Å². The fourth-order valence-corrected chi connectivity index (χ4v) is 1.99. The minimum absolute atomic E-state index is 0.289. The standard InChI is InChI=1S/C12H14ClN3O2/c13-4-3-10(17)11(18)7-1-2-9-8(5-7)12(14)16-6-15-9/h1-2,5-6,10-11,17-18H,3-4H2,(H2,14,15,16). The summed E-state index contributed by atoms with van der Waals surface area (Å²) in [6.07, 6.45) is -0.184. The van der Waals surface area contributed by atoms with E-state index in [0.717, 1.165) is 0 Å². The van der Waals surface area contributed by atoms with Crippen LogP contribution >= 0.6 is 11.6 Å². The second kappa shape index (κ2) is 5.48. The number of nitrogens with two attached hydrogens (primary N) is 1. The molecule has 5 nitrogen and oxygen atoms in total. The molecule has 1 aromatic heterocycles. The monoisotopic (exact) mass is 267 g/mol. The molecule has 1 heterocycles. The third-order valence-electron chi connectivity index (χ3n) is 2.80. The second-order valence-electron chi connectivity index (χ2n) is 4.03. The first-order valence-corrected chi connectivity index (χ1v) is 6.09. The molecule has 0 amide bonds. The number of aliphatic hydroxyl groups is 2. The van der Waals surface area contributed by atoms with Crippen LogP contribution in [0.4, 0.5) is 5.82 Å². The highest BCUT2D eigenvalue weighted by Gasteiger charge is 2.18. The van der Waals surface area contributed by atoms with Gasteiger partial charge in [-0.25, -0.2) is 9.97 Å². The van der Waals surface area contributed by atoms with Crippen molar-refractivity contribution in [3.8, 4) is 0 Å². The lowest BCUT2D eigenvalue weighted by molar-refractivity contribution is 0.0171. The molecule has 1 aromatic carbocycles. The van der Waals surface area contributed by atoms with Gasteiger partial charge in [0.1, 0.15) is 18.2 Å². The Kier molecular flexibility index (Phi) is 3.96. The lowest BCUT2D eigenvalue weighted by Gasteiger charge is -2.17. The number of fused-ring (bicyclic) bond motifs is 1. The maximum absolute atomic E-state index is 9.98. The Morgan fingerprint density at radius 1 is 1.28 bits per heavy atom. The van der Waals surface area contributed by atoms with Crippen molar-refractivity contribution >= 4 is 28.3 Å². The molecule has 0 saturated heterocycles. The molecular weight excluding hydrogens is 254 g/mol. The summed E-state index contributed by atoms with van der Waals surface area (Å²) in [7, 11) is 0. The average molecular weight is 268 g/mol. The maximum atomic E-state index is 9.98. The molecule has 2 aromatic rings. The summed E-state index contributed by atoms with van der Waals surface area (Å²) in [5.74, 6) is 0.637. The SMILES string of the molecule is Nc1ncnc2ccc(C(O)C(O)CCCl)cc12. The molecule has 2 rings (SSSR count). The quantitative estimate of drug-likeness (QED) is 0.725. The Morgan fingerprint density at radius 2 is 2.06 bits per heavy atom. The molecule has 0 saturated carbocycles. The van der Waals surface area contributed by atoms with Crippen LogP contribution in [0.25, 0.3) is 10.9 Å². The van der Waals surface area contributed by atoms with Gasteiger partial charge in [-0.3, -0.25) is 0 Å². The first kappa shape index (κ1) is 13.0. The van der Waals surface area contributed by atoms with Gasteiger partial charge >= 0.3 is 0 Å². The number of benzene rings is 1. The van der Waals surface area contributed by atoms with Crippen molar-refractivity contribution in [2.45, 2.75) is 18.6 Å². The number of aromatic nitrogens is 2. The van der Waals surface area contributed by atoms with Gasteiger partial charge in [-0.1, -0.05) is 6.07 Å². The predicted molar refractivity (Wildman–Crippen MR) is 70.3 cm³/mol. The molecule has 0 bridgehead atoms. The largest absolute Gasteiger partial charge is 0.390 e. The lowest BCUT2D eigenvalue weighted by atomic mass is 10.0. The smallest absolute Gasteiger partial charge is 0.134 e. The molecule has 0 spiro atoms. The van der Waals surface area contributed by atoms with Crippen molar-refractivity contribution in [3.63, 3.8) is 0 Å². The zero-order valence-electron chi connectivity index (χ0n) is 9.62. The Hall–Kier alpha value is -1.43. The van der Waals surface area contributed by atoms with Crippen molar-refractivity contribution in [1.29, 1.82) is 0 Å². The highest BCUT2D eigenvalue weighted by molar-refractivity contribution is 6.17. The molecular formula is C12H14ClN3O2. The minimum Gasteiger partial charge on any atom is -0.390 e. The highest BCUT2D eigenvalue weighted by atomic mass is 35.5. The van der Waals surface area contributed by atoms with Crippen LogP contribution in [0.15, 0.2) is 24.5 Å². The van der Waals surface area contributed by atoms with Crippen LogP contribution in [0.2, 0.25) is 0 Å². The summed E-state index contributed by atoms with van der Waals surface area (Å²) < 4.78 is 0. The van der Waals surface area contributed by atoms with E-state index >= 15 is 0 Å². The molecule has 0 aliphatic heterocycles. The number of hydrogen-bond acceptors (Lipinski definition) is 5. The lowest BCUT2D eigenvalue weighted by Crippen LogP contribution is -2.18. The van der Waals surface area contributed by atoms with Crippen molar-refractivity contribution in [1.82, 2.24) is 9.97 Å². The van der Waals surface area contributed by atoms with Crippen molar-refractivity contribution in [2.75, 3.05) is 11.6 Å². The van der Waals surface area contributed by atoms with Gasteiger partial charge in [-0.05, 0) is 24.1 Å². The van der Waals surface area contributed by atoms with Crippen LogP contribution in [0.1, 0.15) is 18.1 Å². The first-order chi connectivity index (χ1) is 8.63. The predicted octanol–water partition coefficient (Wildman–Crippen LogP) is 1.24. The van der Waals surface area contributed by atoms with Crippen molar-refractivity contribution in [2.24, 2.45) is 0 Å². The van der Waals surface area contributed by atoms with Crippen LogP contribution < -0.4 is 5.73 Å². The van der Waals surface area contributed by atoms with Gasteiger partial charge in [-0.15, -0.1) is 11.6 Å². The van der Waals surface area contributed by atoms with Gasteiger partial charge in [0.2, 0.25) is 0 Å². The summed E-state index contributed by atoms with van der Waals surface area (Å²) in [5, 5.41) is 20.4. The van der Waals surface area contributed by atoms with Crippen LogP contribution in [-0.4, -0.2) is 32.2 Å². The van der Waals surface area contributed by atoms with Crippen molar-refractivity contribution in [3.05, 3.63) is 30.1 Å². The van der Waals surface area contributed by atoms with Gasteiger partial charge in [0.05, 0.1) is 11.6 Å². The number of aliphatic hydroxyl groups excluding tert-OH is 2. The van der Waals surface area contributed by atoms with E-state index < -0.39 is 12.2 Å². The van der Waals surface area contributed by atoms with Crippen molar-refractivity contribution < 1.29 is 10.2 Å². The molecule has 2 unspecified atom stereocenters. The Labute approximate surface area is 109 Å². The van der Waals surface area contributed by atoms with E-state index in [2.05, 4.69) is 9.97 Å². The van der Waals surface area contributed by atoms with Gasteiger partial charge < -0.3 is 15.9 Å². The zero-order valence-corrected chi connectivity index (χ0v) is 10.4. The number of nitrogens with zero attached hydrogens (tertiary/aromatic N) is 2. The van der Waals surface area contributed by atoms with E-state index in [0.29, 0.717) is 28.7 Å². The third kappa shape index (κ3) is 2.53. The highest BCUT2D eigenvalue weighted by Crippen LogP contribution is 2.25. The molecule has 0 aliphatic rings. The van der Waals surface area contributed by atoms with E-state index in [4.69, 9.17) is 17.3 Å². The average Bonchev–Trinajstić information content (AvgIpc) is 2.38. The van der Waals surface area contributed by atoms with E-state index in [1.165, 1.54) is 6.33 Å². The van der Waals surface area contributed by atoms with Crippen LogP contribution in [-0.2, 0) is 0 Å². The summed E-state index contributed by atoms with van der Waals surface area (Å²) in [6.45, 7) is 0. The van der Waals surface area contributed by atoms with Crippen LogP contribution in [0, 0.1) is 0 Å². The summed E-state index contributed by atoms with van der Waals surface area (Å²) in [6, 6.07) is 5.13. The first-order valence-electron chi connectivity index (χ1n) is 5.55. The fraction of sp³-hybridized carbons (Fsp3) is 0.333. The van der Waals surface area contributed by atoms with E-state index in [1.807, 2.05) is 0 Å². The number of nitrogen functional groups attached to an aromatic ring is 1. The minimum atomic E-state index is -0.993. The second-order valence-corrected chi connectivity index (χ2v) is 4.40. The van der Waals surface area contributed by atoms with E-state index in [1.54, 1.807) is 18.2 Å². The van der Waals surface area contributed by atoms with Gasteiger partial charge in [0.25, 0.3) is 0 Å². The third-order valence-corrected chi connectivity index (χ3v) is 3.02. The Bertz CT molecular complexity index is 550. The zero-order chi connectivity index (χ0) is 13.1. The van der Waals surface area contributed by atoms with Crippen LogP contribution in [0.3, 0.4) is 0 Å². The molecule has 0 fully saturated rings. The maximum Gasteiger partial charge on any atom is 0.134 e. The number of halogens is 1. The number of alkyl halides is 1. The van der Waals surface area contributed by atoms with E-state index in [9.17, 15) is 10.2 Å². The Balaban J connectivity index is 2.37. The Morgan fingerprint density at radius 3 is 2.78 bits per heavy atom. The molecule has 2 atom stereocenters. The molecule has 0 aliphatic carbocycles. The number of rotatable bonds is 4. The molecule has 4 N–H and O–H groups in total. The molecule has 0 radical (unpaired) electrons. The number of hydrogen-bond donors (Lipinski definition) is 3. The number of anilines is 1. The van der Waals surface area contributed by atoms with E-state index in [-0.39, 0.29) is 5.88 Å². The molecule has 96 valence electrons. The van der Waals surface area contributed by atoms with Gasteiger partial charge in [0, 0.05) is 11.3 Å². The molecule has 18 heavy (non-hydrogen) atoms. The fourth-order valence-electron chi connectivity index (χ4n) is 1.77. The molecule has 6 heteroatoms. The van der Waals surface area contributed by atoms with Crippen LogP contribution in [0.5, 0.6) is 0 Å². The topological polar surface area (TPSA) is 92.3 Å². The summed E-state index contributed by atoms with van der Waals surface area (Å²) in [5.41, 5.74) is 7.01. The van der Waals surface area contributed by atoms with Gasteiger partial charge in [0.15, 0.2) is 0 Å².